The van der Waals surface area contributed by atoms with Gasteiger partial charge in [0, 0.05) is 13.1 Å². The molecule has 0 atom stereocenters. The van der Waals surface area contributed by atoms with Crippen LogP contribution in [0.1, 0.15) is 20.7 Å². The summed E-state index contributed by atoms with van der Waals surface area (Å²) in [5, 5.41) is 0. The molecule has 0 aromatic rings. The van der Waals surface area contributed by atoms with Gasteiger partial charge in [0.05, 0.1) is 0 Å². The molecular formula is C6H12LiNO. The van der Waals surface area contributed by atoms with Crippen molar-refractivity contribution in [1.29, 1.82) is 0 Å². The molecule has 48 valence electrons. The zero-order chi connectivity index (χ0) is 5.82. The molecule has 0 aliphatic carbocycles. The van der Waals surface area contributed by atoms with Gasteiger partial charge in [0.2, 0.25) is 6.41 Å². The number of piperidine rings is 1. The first-order valence-electron chi connectivity index (χ1n) is 3.13. The first-order chi connectivity index (χ1) is 3.93. The Kier molecular flexibility index (Phi) is 4.94. The van der Waals surface area contributed by atoms with Crippen molar-refractivity contribution >= 4 is 6.41 Å². The smallest absolute Gasteiger partial charge is 1.00 e. The van der Waals surface area contributed by atoms with Crippen molar-refractivity contribution in [2.24, 2.45) is 0 Å². The van der Waals surface area contributed by atoms with Crippen LogP contribution < -0.4 is 18.9 Å². The molecule has 9 heavy (non-hydrogen) atoms. The minimum atomic E-state index is 0. The van der Waals surface area contributed by atoms with E-state index in [0.717, 1.165) is 19.5 Å². The summed E-state index contributed by atoms with van der Waals surface area (Å²) in [6.45, 7) is 1.95. The summed E-state index contributed by atoms with van der Waals surface area (Å²) in [7, 11) is 0. The third kappa shape index (κ3) is 2.93. The van der Waals surface area contributed by atoms with Gasteiger partial charge < -0.3 is 6.33 Å². The number of hydrogen-bond acceptors (Lipinski definition) is 1. The maximum absolute atomic E-state index is 10.1. The molecule has 0 radical (unpaired) electrons. The molecule has 0 aromatic carbocycles. The standard InChI is InChI=1S/C6H11NO.Li.H/c8-6-7-4-2-1-3-5-7;;/h6H,1-5H2;;/q;+1;-1. The van der Waals surface area contributed by atoms with Crippen LogP contribution in [0.5, 0.6) is 0 Å². The van der Waals surface area contributed by atoms with Gasteiger partial charge >= 0.3 is 18.9 Å². The van der Waals surface area contributed by atoms with Gasteiger partial charge in [-0.2, -0.15) is 0 Å². The summed E-state index contributed by atoms with van der Waals surface area (Å²) in [5.41, 5.74) is 0. The van der Waals surface area contributed by atoms with E-state index in [1.165, 1.54) is 19.3 Å². The van der Waals surface area contributed by atoms with E-state index in [2.05, 4.69) is 0 Å². The molecule has 0 saturated carbocycles. The summed E-state index contributed by atoms with van der Waals surface area (Å²) >= 11 is 0. The van der Waals surface area contributed by atoms with Crippen LogP contribution in [0.2, 0.25) is 0 Å². The Bertz CT molecular complexity index is 85.8. The maximum atomic E-state index is 10.1. The van der Waals surface area contributed by atoms with Crippen LogP contribution in [-0.2, 0) is 4.79 Å². The Morgan fingerprint density at radius 2 is 1.78 bits per heavy atom. The van der Waals surface area contributed by atoms with E-state index in [1.54, 1.807) is 0 Å². The summed E-state index contributed by atoms with van der Waals surface area (Å²) < 4.78 is 0. The topological polar surface area (TPSA) is 20.3 Å². The van der Waals surface area contributed by atoms with Crippen molar-refractivity contribution in [3.05, 3.63) is 0 Å². The van der Waals surface area contributed by atoms with Crippen molar-refractivity contribution in [2.45, 2.75) is 19.3 Å². The minimum absolute atomic E-state index is 0. The second kappa shape index (κ2) is 4.90. The van der Waals surface area contributed by atoms with Crippen LogP contribution in [0, 0.1) is 0 Å². The van der Waals surface area contributed by atoms with Gasteiger partial charge in [-0.3, -0.25) is 4.79 Å². The number of rotatable bonds is 1. The molecule has 0 bridgehead atoms. The van der Waals surface area contributed by atoms with Gasteiger partial charge in [-0.15, -0.1) is 0 Å². The Morgan fingerprint density at radius 1 is 1.22 bits per heavy atom. The Hall–Kier alpha value is 0.0674. The van der Waals surface area contributed by atoms with Crippen LogP contribution in [-0.4, -0.2) is 24.4 Å². The van der Waals surface area contributed by atoms with Crippen molar-refractivity contribution in [1.82, 2.24) is 4.90 Å². The molecule has 0 aromatic heterocycles. The minimum Gasteiger partial charge on any atom is -1.00 e. The van der Waals surface area contributed by atoms with Crippen LogP contribution in [0.15, 0.2) is 0 Å². The van der Waals surface area contributed by atoms with Crippen molar-refractivity contribution in [3.8, 4) is 0 Å². The monoisotopic (exact) mass is 121 g/mol. The molecule has 0 spiro atoms. The third-order valence-corrected chi connectivity index (χ3v) is 1.54. The number of carbonyl (C=O) groups is 1. The molecule has 1 amide bonds. The molecule has 0 N–H and O–H groups in total. The fourth-order valence-corrected chi connectivity index (χ4v) is 1.02. The van der Waals surface area contributed by atoms with Crippen molar-refractivity contribution in [2.75, 3.05) is 13.1 Å². The van der Waals surface area contributed by atoms with Gasteiger partial charge in [0.25, 0.3) is 0 Å². The van der Waals surface area contributed by atoms with Crippen LogP contribution in [0.25, 0.3) is 0 Å². The van der Waals surface area contributed by atoms with E-state index in [0.29, 0.717) is 0 Å². The molecular weight excluding hydrogens is 109 g/mol. The quantitative estimate of drug-likeness (QED) is 0.283. The Balaban J connectivity index is 0. The van der Waals surface area contributed by atoms with Crippen LogP contribution in [0.4, 0.5) is 0 Å². The van der Waals surface area contributed by atoms with Crippen molar-refractivity contribution in [3.63, 3.8) is 0 Å². The van der Waals surface area contributed by atoms with Crippen molar-refractivity contribution < 1.29 is 25.1 Å². The molecule has 1 aliphatic heterocycles. The zero-order valence-electron chi connectivity index (χ0n) is 6.97. The number of carbonyl (C=O) groups excluding carboxylic acids is 1. The zero-order valence-corrected chi connectivity index (χ0v) is 5.97. The molecule has 2 nitrogen and oxygen atoms in total. The Morgan fingerprint density at radius 3 is 2.11 bits per heavy atom. The number of hydrogen-bond donors (Lipinski definition) is 0. The first-order valence-corrected chi connectivity index (χ1v) is 3.13. The number of nitrogens with zero attached hydrogens (tertiary/aromatic N) is 1. The predicted molar refractivity (Wildman–Crippen MR) is 32.6 cm³/mol. The average molecular weight is 121 g/mol. The van der Waals surface area contributed by atoms with E-state index in [1.807, 2.05) is 4.90 Å². The molecule has 1 aliphatic rings. The first kappa shape index (κ1) is 9.07. The van der Waals surface area contributed by atoms with Gasteiger partial charge in [-0.05, 0) is 19.3 Å². The van der Waals surface area contributed by atoms with Crippen LogP contribution >= 0.6 is 0 Å². The van der Waals surface area contributed by atoms with E-state index >= 15 is 0 Å². The molecule has 1 rings (SSSR count). The van der Waals surface area contributed by atoms with E-state index in [9.17, 15) is 4.79 Å². The Labute approximate surface area is 69.3 Å². The van der Waals surface area contributed by atoms with Gasteiger partial charge in [-0.1, -0.05) is 0 Å². The summed E-state index contributed by atoms with van der Waals surface area (Å²) in [5.74, 6) is 0. The maximum Gasteiger partial charge on any atom is 1.00 e. The van der Waals surface area contributed by atoms with Gasteiger partial charge in [0.15, 0.2) is 0 Å². The second-order valence-corrected chi connectivity index (χ2v) is 2.20. The molecule has 3 heteroatoms. The summed E-state index contributed by atoms with van der Waals surface area (Å²) in [6, 6.07) is 0. The average Bonchev–Trinajstić information content (AvgIpc) is 1.90. The van der Waals surface area contributed by atoms with Gasteiger partial charge in [0.1, 0.15) is 0 Å². The molecule has 1 saturated heterocycles. The normalized spacial score (nSPS) is 18.4. The largest absolute Gasteiger partial charge is 1.00 e. The number of amides is 1. The third-order valence-electron chi connectivity index (χ3n) is 1.54. The second-order valence-electron chi connectivity index (χ2n) is 2.20. The fraction of sp³-hybridized carbons (Fsp3) is 0.833. The van der Waals surface area contributed by atoms with E-state index in [-0.39, 0.29) is 20.3 Å². The summed E-state index contributed by atoms with van der Waals surface area (Å²) in [4.78, 5) is 11.9. The fourth-order valence-electron chi connectivity index (χ4n) is 1.02. The van der Waals surface area contributed by atoms with Gasteiger partial charge in [-0.25, -0.2) is 0 Å². The van der Waals surface area contributed by atoms with E-state index < -0.39 is 0 Å². The predicted octanol–water partition coefficient (Wildman–Crippen LogP) is -2.25. The SMILES string of the molecule is O=CN1CCCCC1.[H-].[Li+]. The van der Waals surface area contributed by atoms with E-state index in [4.69, 9.17) is 0 Å². The summed E-state index contributed by atoms with van der Waals surface area (Å²) in [6.07, 6.45) is 4.63. The molecule has 1 fully saturated rings. The van der Waals surface area contributed by atoms with Crippen LogP contribution in [0.3, 0.4) is 0 Å². The molecule has 0 unspecified atom stereocenters. The number of likely N-dealkylation sites (tertiary alicyclic amines) is 1. The molecule has 1 heterocycles.